The SMILES string of the molecule is CC(C)(C)OC(=O)N1CC(O[Si](C)(C)C(C)(C)C)CC(C(=O)O)C1. The molecule has 1 rings (SSSR count). The lowest BCUT2D eigenvalue weighted by Gasteiger charge is -2.43. The van der Waals surface area contributed by atoms with Crippen LogP contribution in [0.4, 0.5) is 4.79 Å². The minimum absolute atomic E-state index is 0.0277. The summed E-state index contributed by atoms with van der Waals surface area (Å²) in [6.45, 7) is 16.6. The van der Waals surface area contributed by atoms with E-state index in [-0.39, 0.29) is 17.7 Å². The smallest absolute Gasteiger partial charge is 0.410 e. The number of hydrogen-bond donors (Lipinski definition) is 1. The fraction of sp³-hybridized carbons (Fsp3) is 0.882. The molecular formula is C17H33NO5Si. The number of piperidine rings is 1. The lowest BCUT2D eigenvalue weighted by molar-refractivity contribution is -0.145. The number of carboxylic acid groups (broad SMARTS) is 1. The third kappa shape index (κ3) is 5.77. The largest absolute Gasteiger partial charge is 0.481 e. The monoisotopic (exact) mass is 359 g/mol. The van der Waals surface area contributed by atoms with Crippen molar-refractivity contribution < 1.29 is 23.9 Å². The van der Waals surface area contributed by atoms with E-state index < -0.39 is 31.9 Å². The molecule has 1 amide bonds. The molecule has 0 aliphatic carbocycles. The lowest BCUT2D eigenvalue weighted by Crippen LogP contribution is -2.54. The molecule has 1 fully saturated rings. The van der Waals surface area contributed by atoms with Crippen molar-refractivity contribution in [1.29, 1.82) is 0 Å². The summed E-state index contributed by atoms with van der Waals surface area (Å²) in [5, 5.41) is 9.45. The van der Waals surface area contributed by atoms with E-state index in [2.05, 4.69) is 33.9 Å². The third-order valence-electron chi connectivity index (χ3n) is 4.68. The second-order valence-corrected chi connectivity index (χ2v) is 13.9. The average molecular weight is 360 g/mol. The van der Waals surface area contributed by atoms with Gasteiger partial charge in [-0.1, -0.05) is 20.8 Å². The summed E-state index contributed by atoms with van der Waals surface area (Å²) in [5.74, 6) is -1.52. The van der Waals surface area contributed by atoms with Gasteiger partial charge in [-0.25, -0.2) is 4.79 Å². The highest BCUT2D eigenvalue weighted by molar-refractivity contribution is 6.74. The Balaban J connectivity index is 2.90. The molecular weight excluding hydrogens is 326 g/mol. The van der Waals surface area contributed by atoms with Gasteiger partial charge < -0.3 is 19.2 Å². The molecule has 0 radical (unpaired) electrons. The Morgan fingerprint density at radius 1 is 1.08 bits per heavy atom. The van der Waals surface area contributed by atoms with Crippen LogP contribution in [0.25, 0.3) is 0 Å². The normalized spacial score (nSPS) is 23.1. The molecule has 7 heteroatoms. The van der Waals surface area contributed by atoms with E-state index in [9.17, 15) is 14.7 Å². The zero-order valence-corrected chi connectivity index (χ0v) is 17.3. The summed E-state index contributed by atoms with van der Waals surface area (Å²) in [6, 6.07) is 0. The van der Waals surface area contributed by atoms with Crippen molar-refractivity contribution in [3.8, 4) is 0 Å². The van der Waals surface area contributed by atoms with E-state index in [0.29, 0.717) is 13.0 Å². The van der Waals surface area contributed by atoms with Gasteiger partial charge in [0.1, 0.15) is 5.60 Å². The predicted octanol–water partition coefficient (Wildman–Crippen LogP) is 3.72. The molecule has 1 aliphatic rings. The second-order valence-electron chi connectivity index (χ2n) is 9.16. The summed E-state index contributed by atoms with van der Waals surface area (Å²) in [6.07, 6.45) is -0.313. The standard InChI is InChI=1S/C17H33NO5Si/c1-16(2,3)22-15(21)18-10-12(14(19)20)9-13(11-18)23-24(7,8)17(4,5)6/h12-13H,9-11H2,1-8H3,(H,19,20). The Bertz CT molecular complexity index is 478. The predicted molar refractivity (Wildman–Crippen MR) is 95.6 cm³/mol. The highest BCUT2D eigenvalue weighted by atomic mass is 28.4. The fourth-order valence-electron chi connectivity index (χ4n) is 2.39. The summed E-state index contributed by atoms with van der Waals surface area (Å²) < 4.78 is 11.8. The molecule has 0 aromatic rings. The van der Waals surface area contributed by atoms with E-state index in [4.69, 9.17) is 9.16 Å². The maximum Gasteiger partial charge on any atom is 0.410 e. The maximum absolute atomic E-state index is 12.4. The Morgan fingerprint density at radius 2 is 1.62 bits per heavy atom. The molecule has 0 aromatic carbocycles. The zero-order valence-electron chi connectivity index (χ0n) is 16.3. The van der Waals surface area contributed by atoms with E-state index in [1.54, 1.807) is 20.8 Å². The van der Waals surface area contributed by atoms with E-state index in [1.807, 2.05) is 0 Å². The summed E-state index contributed by atoms with van der Waals surface area (Å²) in [7, 11) is -2.04. The first-order chi connectivity index (χ1) is 10.6. The van der Waals surface area contributed by atoms with Gasteiger partial charge in [0.15, 0.2) is 8.32 Å². The van der Waals surface area contributed by atoms with Gasteiger partial charge in [0.05, 0.1) is 12.0 Å². The van der Waals surface area contributed by atoms with Crippen molar-refractivity contribution in [3.63, 3.8) is 0 Å². The Labute approximate surface area is 146 Å². The van der Waals surface area contributed by atoms with Crippen LogP contribution in [0.2, 0.25) is 18.1 Å². The number of carboxylic acids is 1. The van der Waals surface area contributed by atoms with Gasteiger partial charge in [-0.2, -0.15) is 0 Å². The van der Waals surface area contributed by atoms with Gasteiger partial charge in [-0.05, 0) is 45.3 Å². The summed E-state index contributed by atoms with van der Waals surface area (Å²) in [5.41, 5.74) is -0.608. The van der Waals surface area contributed by atoms with Crippen molar-refractivity contribution in [2.45, 2.75) is 77.8 Å². The number of aliphatic carboxylic acids is 1. The number of ether oxygens (including phenoxy) is 1. The van der Waals surface area contributed by atoms with Crippen LogP contribution in [0.1, 0.15) is 48.0 Å². The van der Waals surface area contributed by atoms with Crippen molar-refractivity contribution in [3.05, 3.63) is 0 Å². The van der Waals surface area contributed by atoms with E-state index in [1.165, 1.54) is 4.90 Å². The fourth-order valence-corrected chi connectivity index (χ4v) is 3.74. The minimum atomic E-state index is -2.04. The van der Waals surface area contributed by atoms with Crippen LogP contribution in [0.3, 0.4) is 0 Å². The van der Waals surface area contributed by atoms with E-state index in [0.717, 1.165) is 0 Å². The third-order valence-corrected chi connectivity index (χ3v) is 9.22. The average Bonchev–Trinajstić information content (AvgIpc) is 2.34. The molecule has 0 saturated carbocycles. The van der Waals surface area contributed by atoms with E-state index >= 15 is 0 Å². The topological polar surface area (TPSA) is 76.1 Å². The molecule has 140 valence electrons. The molecule has 0 spiro atoms. The molecule has 0 bridgehead atoms. The Morgan fingerprint density at radius 3 is 2.04 bits per heavy atom. The second kappa shape index (κ2) is 7.04. The summed E-state index contributed by atoms with van der Waals surface area (Å²) in [4.78, 5) is 25.3. The van der Waals surface area contributed by atoms with Crippen LogP contribution in [0, 0.1) is 5.92 Å². The molecule has 1 aliphatic heterocycles. The van der Waals surface area contributed by atoms with Crippen LogP contribution < -0.4 is 0 Å². The highest BCUT2D eigenvalue weighted by Gasteiger charge is 2.43. The van der Waals surface area contributed by atoms with Crippen LogP contribution in [-0.4, -0.2) is 55.2 Å². The molecule has 1 saturated heterocycles. The van der Waals surface area contributed by atoms with Crippen LogP contribution in [-0.2, 0) is 14.0 Å². The van der Waals surface area contributed by atoms with Crippen molar-refractivity contribution >= 4 is 20.4 Å². The van der Waals surface area contributed by atoms with Gasteiger partial charge in [-0.3, -0.25) is 4.79 Å². The number of carbonyl (C=O) groups is 2. The molecule has 24 heavy (non-hydrogen) atoms. The van der Waals surface area contributed by atoms with Gasteiger partial charge in [0.2, 0.25) is 0 Å². The molecule has 2 unspecified atom stereocenters. The Hall–Kier alpha value is -1.08. The first kappa shape index (κ1) is 21.0. The number of carbonyl (C=O) groups excluding carboxylic acids is 1. The Kier molecular flexibility index (Phi) is 6.14. The molecule has 6 nitrogen and oxygen atoms in total. The number of amides is 1. The van der Waals surface area contributed by atoms with Crippen molar-refractivity contribution in [2.24, 2.45) is 5.92 Å². The number of likely N-dealkylation sites (tertiary alicyclic amines) is 1. The first-order valence-corrected chi connectivity index (χ1v) is 11.4. The van der Waals surface area contributed by atoms with Crippen LogP contribution >= 0.6 is 0 Å². The number of nitrogens with zero attached hydrogens (tertiary/aromatic N) is 1. The number of hydrogen-bond acceptors (Lipinski definition) is 4. The minimum Gasteiger partial charge on any atom is -0.481 e. The van der Waals surface area contributed by atoms with Crippen molar-refractivity contribution in [1.82, 2.24) is 4.90 Å². The zero-order chi connectivity index (χ0) is 18.9. The quantitative estimate of drug-likeness (QED) is 0.777. The first-order valence-electron chi connectivity index (χ1n) is 8.51. The number of rotatable bonds is 3. The molecule has 1 heterocycles. The molecule has 2 atom stereocenters. The van der Waals surface area contributed by atoms with Gasteiger partial charge in [0.25, 0.3) is 0 Å². The van der Waals surface area contributed by atoms with Gasteiger partial charge >= 0.3 is 12.1 Å². The summed E-state index contributed by atoms with van der Waals surface area (Å²) >= 11 is 0. The van der Waals surface area contributed by atoms with Crippen molar-refractivity contribution in [2.75, 3.05) is 13.1 Å². The highest BCUT2D eigenvalue weighted by Crippen LogP contribution is 2.38. The van der Waals surface area contributed by atoms with Crippen LogP contribution in [0.5, 0.6) is 0 Å². The molecule has 0 aromatic heterocycles. The lowest BCUT2D eigenvalue weighted by atomic mass is 9.96. The van der Waals surface area contributed by atoms with Crippen LogP contribution in [0.15, 0.2) is 0 Å². The van der Waals surface area contributed by atoms with Gasteiger partial charge in [0, 0.05) is 13.1 Å². The van der Waals surface area contributed by atoms with Gasteiger partial charge in [-0.15, -0.1) is 0 Å². The maximum atomic E-state index is 12.4. The molecule has 1 N–H and O–H groups in total.